The van der Waals surface area contributed by atoms with Crippen molar-refractivity contribution in [3.05, 3.63) is 0 Å². The number of piperidine rings is 1. The minimum Gasteiger partial charge on any atom is -0.295 e. The molecule has 2 aliphatic heterocycles. The van der Waals surface area contributed by atoms with Gasteiger partial charge in [-0.05, 0) is 39.5 Å². The van der Waals surface area contributed by atoms with Crippen LogP contribution in [0.3, 0.4) is 0 Å². The summed E-state index contributed by atoms with van der Waals surface area (Å²) in [7, 11) is -3.33. The summed E-state index contributed by atoms with van der Waals surface area (Å²) in [4.78, 5) is 2.47. The molecule has 2 fully saturated rings. The second-order valence-electron chi connectivity index (χ2n) is 5.11. The van der Waals surface area contributed by atoms with Gasteiger partial charge in [-0.25, -0.2) is 13.6 Å². The van der Waals surface area contributed by atoms with Crippen molar-refractivity contribution in [2.24, 2.45) is 5.14 Å². The molecule has 2 aliphatic rings. The molecule has 4 nitrogen and oxygen atoms in total. The van der Waals surface area contributed by atoms with Crippen LogP contribution in [0.2, 0.25) is 0 Å². The quantitative estimate of drug-likeness (QED) is 0.761. The lowest BCUT2D eigenvalue weighted by Crippen LogP contribution is -2.50. The summed E-state index contributed by atoms with van der Waals surface area (Å²) >= 11 is 0. The van der Waals surface area contributed by atoms with Gasteiger partial charge in [0.1, 0.15) is 0 Å². The number of hydrogen-bond donors (Lipinski definition) is 1. The smallest absolute Gasteiger partial charge is 0.212 e. The van der Waals surface area contributed by atoms with E-state index in [1.165, 1.54) is 0 Å². The average Bonchev–Trinajstić information content (AvgIpc) is 2.35. The van der Waals surface area contributed by atoms with E-state index in [0.717, 1.165) is 25.7 Å². The van der Waals surface area contributed by atoms with Crippen LogP contribution < -0.4 is 5.14 Å². The van der Waals surface area contributed by atoms with Gasteiger partial charge in [-0.3, -0.25) is 4.90 Å². The maximum absolute atomic E-state index is 11.3. The Hall–Kier alpha value is -0.130. The van der Waals surface area contributed by atoms with Crippen molar-refractivity contribution in [3.8, 4) is 0 Å². The topological polar surface area (TPSA) is 63.4 Å². The Morgan fingerprint density at radius 3 is 2.00 bits per heavy atom. The van der Waals surface area contributed by atoms with E-state index in [2.05, 4.69) is 18.7 Å². The van der Waals surface area contributed by atoms with Crippen molar-refractivity contribution >= 4 is 10.0 Å². The number of rotatable bonds is 2. The Bertz CT molecular complexity index is 325. The predicted octanol–water partition coefficient (Wildman–Crippen LogP) is 0.679. The van der Waals surface area contributed by atoms with E-state index in [0.29, 0.717) is 18.1 Å². The van der Waals surface area contributed by atoms with Crippen molar-refractivity contribution in [1.29, 1.82) is 0 Å². The first-order valence-electron chi connectivity index (χ1n) is 5.68. The van der Waals surface area contributed by atoms with Gasteiger partial charge in [-0.1, -0.05) is 0 Å². The van der Waals surface area contributed by atoms with Crippen molar-refractivity contribution in [2.75, 3.05) is 0 Å². The third-order valence-corrected chi connectivity index (χ3v) is 5.12. The van der Waals surface area contributed by atoms with Gasteiger partial charge in [0.05, 0.1) is 5.25 Å². The molecule has 2 heterocycles. The van der Waals surface area contributed by atoms with Gasteiger partial charge in [0.25, 0.3) is 0 Å². The maximum Gasteiger partial charge on any atom is 0.212 e. The molecule has 2 unspecified atom stereocenters. The van der Waals surface area contributed by atoms with Gasteiger partial charge in [-0.2, -0.15) is 0 Å². The Kier molecular flexibility index (Phi) is 2.81. The number of primary sulfonamides is 1. The molecule has 3 atom stereocenters. The first-order valence-corrected chi connectivity index (χ1v) is 7.29. The molecule has 0 aromatic carbocycles. The van der Waals surface area contributed by atoms with Crippen LogP contribution in [0.15, 0.2) is 0 Å². The van der Waals surface area contributed by atoms with Crippen LogP contribution in [0.5, 0.6) is 0 Å². The van der Waals surface area contributed by atoms with Crippen molar-refractivity contribution in [3.63, 3.8) is 0 Å². The van der Waals surface area contributed by atoms with Crippen molar-refractivity contribution in [1.82, 2.24) is 4.90 Å². The molecule has 2 N–H and O–H groups in total. The second-order valence-corrected chi connectivity index (χ2v) is 6.95. The molecule has 88 valence electrons. The zero-order valence-electron chi connectivity index (χ0n) is 9.39. The van der Waals surface area contributed by atoms with Crippen LogP contribution in [-0.4, -0.2) is 36.7 Å². The standard InChI is InChI=1S/C10H20N2O2S/c1-7(2)12-8-3-4-9(12)6-10(5-8)15(11,13)14/h7-10H,3-6H2,1-2H3,(H2,11,13,14)/t8-,9?,10?/m1/s1. The SMILES string of the molecule is CC(C)N1C2CC[C@@H]1CC(S(N)(=O)=O)C2. The lowest BCUT2D eigenvalue weighted by Gasteiger charge is -2.40. The van der Waals surface area contributed by atoms with Gasteiger partial charge < -0.3 is 0 Å². The Morgan fingerprint density at radius 2 is 1.67 bits per heavy atom. The molecule has 0 amide bonds. The normalized spacial score (nSPS) is 37.5. The summed E-state index contributed by atoms with van der Waals surface area (Å²) < 4.78 is 22.7. The van der Waals surface area contributed by atoms with Crippen LogP contribution in [0.4, 0.5) is 0 Å². The van der Waals surface area contributed by atoms with Gasteiger partial charge >= 0.3 is 0 Å². The van der Waals surface area contributed by atoms with Crippen molar-refractivity contribution in [2.45, 2.75) is 62.9 Å². The summed E-state index contributed by atoms with van der Waals surface area (Å²) in [6.45, 7) is 4.37. The molecule has 0 aromatic heterocycles. The number of sulfonamides is 1. The Balaban J connectivity index is 2.15. The lowest BCUT2D eigenvalue weighted by atomic mass is 10.0. The van der Waals surface area contributed by atoms with Gasteiger partial charge in [0.15, 0.2) is 0 Å². The van der Waals surface area contributed by atoms with Gasteiger partial charge in [-0.15, -0.1) is 0 Å². The highest BCUT2D eigenvalue weighted by Gasteiger charge is 2.44. The Morgan fingerprint density at radius 1 is 1.20 bits per heavy atom. The molecule has 0 radical (unpaired) electrons. The molecule has 0 aliphatic carbocycles. The molecule has 0 spiro atoms. The fourth-order valence-electron chi connectivity index (χ4n) is 3.27. The van der Waals surface area contributed by atoms with E-state index >= 15 is 0 Å². The molecular weight excluding hydrogens is 212 g/mol. The number of hydrogen-bond acceptors (Lipinski definition) is 3. The molecule has 15 heavy (non-hydrogen) atoms. The number of nitrogens with two attached hydrogens (primary N) is 1. The third kappa shape index (κ3) is 2.05. The lowest BCUT2D eigenvalue weighted by molar-refractivity contribution is 0.106. The first kappa shape index (κ1) is 11.4. The fourth-order valence-corrected chi connectivity index (χ4v) is 4.26. The van der Waals surface area contributed by atoms with E-state index in [-0.39, 0.29) is 5.25 Å². The summed E-state index contributed by atoms with van der Waals surface area (Å²) in [5.74, 6) is 0. The largest absolute Gasteiger partial charge is 0.295 e. The Labute approximate surface area is 91.9 Å². The first-order chi connectivity index (χ1) is 6.89. The summed E-state index contributed by atoms with van der Waals surface area (Å²) in [5, 5.41) is 4.94. The van der Waals surface area contributed by atoms with Crippen LogP contribution in [0.1, 0.15) is 39.5 Å². The highest BCUT2D eigenvalue weighted by atomic mass is 32.2. The van der Waals surface area contributed by atoms with E-state index in [1.807, 2.05) is 0 Å². The minimum atomic E-state index is -3.33. The van der Waals surface area contributed by atoms with E-state index < -0.39 is 10.0 Å². The van der Waals surface area contributed by atoms with Gasteiger partial charge in [0.2, 0.25) is 10.0 Å². The fraction of sp³-hybridized carbons (Fsp3) is 1.00. The zero-order chi connectivity index (χ0) is 11.2. The van der Waals surface area contributed by atoms with Crippen LogP contribution in [0.25, 0.3) is 0 Å². The predicted molar refractivity (Wildman–Crippen MR) is 59.9 cm³/mol. The summed E-state index contributed by atoms with van der Waals surface area (Å²) in [5.41, 5.74) is 0. The van der Waals surface area contributed by atoms with Gasteiger partial charge in [0, 0.05) is 18.1 Å². The molecule has 0 saturated carbocycles. The highest BCUT2D eigenvalue weighted by Crippen LogP contribution is 2.38. The molecule has 5 heteroatoms. The molecule has 2 bridgehead atoms. The molecule has 2 rings (SSSR count). The van der Waals surface area contributed by atoms with E-state index in [9.17, 15) is 8.42 Å². The van der Waals surface area contributed by atoms with Crippen LogP contribution in [0, 0.1) is 0 Å². The summed E-state index contributed by atoms with van der Waals surface area (Å²) in [6, 6.07) is 1.39. The zero-order valence-corrected chi connectivity index (χ0v) is 10.2. The number of fused-ring (bicyclic) bond motifs is 2. The molecule has 0 aromatic rings. The van der Waals surface area contributed by atoms with E-state index in [4.69, 9.17) is 5.14 Å². The monoisotopic (exact) mass is 232 g/mol. The minimum absolute atomic E-state index is 0.301. The third-order valence-electron chi connectivity index (χ3n) is 3.81. The number of nitrogens with zero attached hydrogens (tertiary/aromatic N) is 1. The van der Waals surface area contributed by atoms with E-state index in [1.54, 1.807) is 0 Å². The summed E-state index contributed by atoms with van der Waals surface area (Å²) in [6.07, 6.45) is 3.73. The maximum atomic E-state index is 11.3. The highest BCUT2D eigenvalue weighted by molar-refractivity contribution is 7.89. The van der Waals surface area contributed by atoms with Crippen LogP contribution >= 0.6 is 0 Å². The van der Waals surface area contributed by atoms with Crippen LogP contribution in [-0.2, 0) is 10.0 Å². The average molecular weight is 232 g/mol. The molecule has 2 saturated heterocycles. The van der Waals surface area contributed by atoms with Crippen molar-refractivity contribution < 1.29 is 8.42 Å². The second kappa shape index (κ2) is 3.71. The molecular formula is C10H20N2O2S.